The average molecular weight is 252 g/mol. The first-order valence-corrected chi connectivity index (χ1v) is 6.26. The van der Waals surface area contributed by atoms with Crippen molar-refractivity contribution in [3.63, 3.8) is 0 Å². The molecule has 0 aliphatic carbocycles. The first-order valence-electron chi connectivity index (χ1n) is 6.26. The lowest BCUT2D eigenvalue weighted by Crippen LogP contribution is -2.24. The highest BCUT2D eigenvalue weighted by Gasteiger charge is 2.11. The fourth-order valence-electron chi connectivity index (χ4n) is 2.02. The van der Waals surface area contributed by atoms with E-state index in [-0.39, 0.29) is 6.04 Å². The van der Waals surface area contributed by atoms with Crippen LogP contribution in [-0.2, 0) is 0 Å². The number of nitrogens with zero attached hydrogens (tertiary/aromatic N) is 3. The number of hydrogen-bond acceptors (Lipinski definition) is 2. The zero-order chi connectivity index (χ0) is 13.3. The molecule has 2 rings (SSSR count). The van der Waals surface area contributed by atoms with Crippen LogP contribution in [0.2, 0.25) is 0 Å². The van der Waals surface area contributed by atoms with Gasteiger partial charge < -0.3 is 5.32 Å². The molecule has 0 aliphatic rings. The normalized spacial score (nSPS) is 10.2. The Balaban J connectivity index is 2.16. The molecule has 4 heteroatoms. The van der Waals surface area contributed by atoms with Crippen LogP contribution in [0.5, 0.6) is 0 Å². The van der Waals surface area contributed by atoms with Crippen LogP contribution in [0.1, 0.15) is 17.2 Å². The zero-order valence-corrected chi connectivity index (χ0v) is 10.6. The summed E-state index contributed by atoms with van der Waals surface area (Å²) in [5, 5.41) is 6.97. The fraction of sp³-hybridized carbons (Fsp3) is 0.200. The van der Waals surface area contributed by atoms with Crippen molar-refractivity contribution in [3.05, 3.63) is 82.2 Å². The zero-order valence-electron chi connectivity index (χ0n) is 10.6. The second-order valence-corrected chi connectivity index (χ2v) is 4.16. The van der Waals surface area contributed by atoms with Gasteiger partial charge in [0.2, 0.25) is 0 Å². The Labute approximate surface area is 112 Å². The molecule has 1 N–H and O–H groups in total. The van der Waals surface area contributed by atoms with Gasteiger partial charge in [-0.05, 0) is 16.7 Å². The van der Waals surface area contributed by atoms with Gasteiger partial charge in [0.15, 0.2) is 0 Å². The average Bonchev–Trinajstić information content (AvgIpc) is 2.49. The molecule has 2 aromatic rings. The van der Waals surface area contributed by atoms with E-state index in [1.807, 2.05) is 36.4 Å². The highest BCUT2D eigenvalue weighted by molar-refractivity contribution is 5.31. The summed E-state index contributed by atoms with van der Waals surface area (Å²) in [6, 6.07) is 20.6. The molecule has 4 nitrogen and oxygen atoms in total. The van der Waals surface area contributed by atoms with E-state index < -0.39 is 0 Å². The lowest BCUT2D eigenvalue weighted by molar-refractivity contribution is 0.611. The van der Waals surface area contributed by atoms with E-state index in [1.165, 1.54) is 11.1 Å². The Bertz CT molecular complexity index is 493. The lowest BCUT2D eigenvalue weighted by Gasteiger charge is -2.19. The van der Waals surface area contributed by atoms with Crippen LogP contribution in [0.4, 0.5) is 0 Å². The molecule has 0 fully saturated rings. The number of rotatable bonds is 6. The van der Waals surface area contributed by atoms with Crippen LogP contribution >= 0.6 is 0 Å². The first-order chi connectivity index (χ1) is 9.42. The molecule has 0 spiro atoms. The molecule has 0 aromatic heterocycles. The lowest BCUT2D eigenvalue weighted by atomic mass is 9.99. The highest BCUT2D eigenvalue weighted by atomic mass is 15.1. The van der Waals surface area contributed by atoms with Gasteiger partial charge in [-0.15, -0.1) is 0 Å². The van der Waals surface area contributed by atoms with Gasteiger partial charge in [-0.1, -0.05) is 65.8 Å². The molecule has 0 heterocycles. The monoisotopic (exact) mass is 252 g/mol. The predicted molar refractivity (Wildman–Crippen MR) is 76.7 cm³/mol. The summed E-state index contributed by atoms with van der Waals surface area (Å²) in [7, 11) is 0. The number of hydrogen-bond donors (Lipinski definition) is 1. The predicted octanol–water partition coefficient (Wildman–Crippen LogP) is 3.68. The second-order valence-electron chi connectivity index (χ2n) is 4.16. The van der Waals surface area contributed by atoms with Crippen molar-refractivity contribution >= 4 is 0 Å². The number of benzene rings is 2. The minimum absolute atomic E-state index is 0.122. The molecule has 2 aromatic carbocycles. The Morgan fingerprint density at radius 2 is 1.47 bits per heavy atom. The maximum atomic E-state index is 8.30. The summed E-state index contributed by atoms with van der Waals surface area (Å²) in [5.74, 6) is 0. The van der Waals surface area contributed by atoms with Gasteiger partial charge in [-0.2, -0.15) is 0 Å². The first kappa shape index (κ1) is 13.1. The summed E-state index contributed by atoms with van der Waals surface area (Å²) in [6.45, 7) is 1.10. The molecule has 0 atom stereocenters. The minimum atomic E-state index is 0.122. The standard InChI is InChI=1S/C15H16N4/c16-19-18-12-11-17-15(13-7-3-1-4-8-13)14-9-5-2-6-10-14/h1-10,15,17H,11-12H2. The van der Waals surface area contributed by atoms with Gasteiger partial charge in [0.25, 0.3) is 0 Å². The van der Waals surface area contributed by atoms with E-state index in [9.17, 15) is 0 Å². The maximum Gasteiger partial charge on any atom is 0.0576 e. The number of nitrogens with one attached hydrogen (secondary N) is 1. The Kier molecular flexibility index (Phi) is 4.99. The van der Waals surface area contributed by atoms with Gasteiger partial charge in [-0.25, -0.2) is 0 Å². The smallest absolute Gasteiger partial charge is 0.0576 e. The summed E-state index contributed by atoms with van der Waals surface area (Å²) in [4.78, 5) is 2.76. The summed E-state index contributed by atoms with van der Waals surface area (Å²) in [6.07, 6.45) is 0. The van der Waals surface area contributed by atoms with Crippen LogP contribution in [0.15, 0.2) is 65.8 Å². The second kappa shape index (κ2) is 7.21. The van der Waals surface area contributed by atoms with Crippen LogP contribution in [0, 0.1) is 0 Å². The molecular weight excluding hydrogens is 236 g/mol. The molecule has 96 valence electrons. The fourth-order valence-corrected chi connectivity index (χ4v) is 2.02. The summed E-state index contributed by atoms with van der Waals surface area (Å²) >= 11 is 0. The topological polar surface area (TPSA) is 60.8 Å². The van der Waals surface area contributed by atoms with E-state index in [1.54, 1.807) is 0 Å². The van der Waals surface area contributed by atoms with Crippen molar-refractivity contribution < 1.29 is 0 Å². The van der Waals surface area contributed by atoms with Gasteiger partial charge in [0, 0.05) is 18.0 Å². The van der Waals surface area contributed by atoms with Crippen LogP contribution in [-0.4, -0.2) is 13.1 Å². The molecule has 0 saturated carbocycles. The molecule has 0 radical (unpaired) electrons. The molecule has 0 saturated heterocycles. The van der Waals surface area contributed by atoms with E-state index >= 15 is 0 Å². The van der Waals surface area contributed by atoms with Crippen molar-refractivity contribution in [3.8, 4) is 0 Å². The van der Waals surface area contributed by atoms with Gasteiger partial charge in [0.1, 0.15) is 0 Å². The van der Waals surface area contributed by atoms with Crippen molar-refractivity contribution in [2.24, 2.45) is 5.11 Å². The van der Waals surface area contributed by atoms with Crippen molar-refractivity contribution in [2.75, 3.05) is 13.1 Å². The maximum absolute atomic E-state index is 8.30. The number of azide groups is 1. The third kappa shape index (κ3) is 3.85. The van der Waals surface area contributed by atoms with Crippen molar-refractivity contribution in [2.45, 2.75) is 6.04 Å². The van der Waals surface area contributed by atoms with Crippen LogP contribution in [0.25, 0.3) is 10.4 Å². The van der Waals surface area contributed by atoms with E-state index in [2.05, 4.69) is 39.6 Å². The molecule has 0 amide bonds. The Hall–Kier alpha value is -2.29. The SMILES string of the molecule is [N-]=[N+]=NCCNC(c1ccccc1)c1ccccc1. The third-order valence-electron chi connectivity index (χ3n) is 2.89. The highest BCUT2D eigenvalue weighted by Crippen LogP contribution is 2.21. The summed E-state index contributed by atoms with van der Waals surface area (Å²) < 4.78 is 0. The molecule has 0 unspecified atom stereocenters. The largest absolute Gasteiger partial charge is 0.306 e. The van der Waals surface area contributed by atoms with Gasteiger partial charge in [-0.3, -0.25) is 0 Å². The molecular formula is C15H16N4. The summed E-state index contributed by atoms with van der Waals surface area (Å²) in [5.41, 5.74) is 10.7. The molecule has 0 aliphatic heterocycles. The van der Waals surface area contributed by atoms with E-state index in [0.29, 0.717) is 13.1 Å². The van der Waals surface area contributed by atoms with Crippen molar-refractivity contribution in [1.82, 2.24) is 5.32 Å². The Morgan fingerprint density at radius 1 is 0.947 bits per heavy atom. The molecule has 19 heavy (non-hydrogen) atoms. The van der Waals surface area contributed by atoms with Crippen LogP contribution in [0.3, 0.4) is 0 Å². The van der Waals surface area contributed by atoms with Crippen molar-refractivity contribution in [1.29, 1.82) is 0 Å². The van der Waals surface area contributed by atoms with Gasteiger partial charge >= 0.3 is 0 Å². The van der Waals surface area contributed by atoms with E-state index in [4.69, 9.17) is 5.53 Å². The van der Waals surface area contributed by atoms with Gasteiger partial charge in [0.05, 0.1) is 6.04 Å². The molecule has 0 bridgehead atoms. The van der Waals surface area contributed by atoms with E-state index in [0.717, 1.165) is 0 Å². The Morgan fingerprint density at radius 3 is 1.95 bits per heavy atom. The minimum Gasteiger partial charge on any atom is -0.306 e. The third-order valence-corrected chi connectivity index (χ3v) is 2.89. The quantitative estimate of drug-likeness (QED) is 0.362. The van der Waals surface area contributed by atoms with Crippen LogP contribution < -0.4 is 5.32 Å².